The van der Waals surface area contributed by atoms with Crippen LogP contribution >= 0.6 is 0 Å². The fraction of sp³-hybridized carbons (Fsp3) is 0.727. The van der Waals surface area contributed by atoms with E-state index in [1.165, 1.54) is 0 Å². The molecule has 0 rings (SSSR count). The summed E-state index contributed by atoms with van der Waals surface area (Å²) in [5.41, 5.74) is -5.18. The molecule has 21 heavy (non-hydrogen) atoms. The first-order chi connectivity index (χ1) is 9.08. The van der Waals surface area contributed by atoms with Crippen LogP contribution in [-0.4, -0.2) is 63.2 Å². The van der Waals surface area contributed by atoms with E-state index in [0.717, 1.165) is 17.4 Å². The predicted octanol–water partition coefficient (Wildman–Crippen LogP) is 1.25. The van der Waals surface area contributed by atoms with Crippen LogP contribution in [0, 0.1) is 0 Å². The molecule has 0 aliphatic heterocycles. The number of halogens is 3. The summed E-state index contributed by atoms with van der Waals surface area (Å²) in [5, 5.41) is 0. The molecule has 0 amide bonds. The van der Waals surface area contributed by atoms with Gasteiger partial charge in [-0.15, -0.1) is 0 Å². The fourth-order valence-electron chi connectivity index (χ4n) is 0.827. The first kappa shape index (κ1) is 22.2. The molecular formula is C11H20F3NO5S. The summed E-state index contributed by atoms with van der Waals surface area (Å²) in [7, 11) is 0.245. The molecule has 0 atom stereocenters. The highest BCUT2D eigenvalue weighted by Gasteiger charge is 2.36. The zero-order chi connectivity index (χ0) is 17.5. The van der Waals surface area contributed by atoms with Crippen LogP contribution in [-0.2, 0) is 19.6 Å². The smallest absolute Gasteiger partial charge is 0.485 e. The number of esters is 1. The number of alkyl halides is 3. The summed E-state index contributed by atoms with van der Waals surface area (Å²) >= 11 is 0. The van der Waals surface area contributed by atoms with E-state index in [9.17, 15) is 18.0 Å². The summed E-state index contributed by atoms with van der Waals surface area (Å²) in [6.07, 6.45) is 0.891. The van der Waals surface area contributed by atoms with Crippen molar-refractivity contribution in [1.82, 2.24) is 0 Å². The third-order valence-corrected chi connectivity index (χ3v) is 2.41. The Balaban J connectivity index is 0. The summed E-state index contributed by atoms with van der Waals surface area (Å²) in [6.45, 7) is 6.65. The van der Waals surface area contributed by atoms with Crippen LogP contribution in [0.2, 0.25) is 0 Å². The van der Waals surface area contributed by atoms with Gasteiger partial charge in [-0.1, -0.05) is 6.58 Å². The number of carbonyl (C=O) groups is 1. The lowest BCUT2D eigenvalue weighted by atomic mass is 10.3. The maximum absolute atomic E-state index is 10.9. The van der Waals surface area contributed by atoms with Gasteiger partial charge in [-0.05, 0) is 6.92 Å². The van der Waals surface area contributed by atoms with Crippen molar-refractivity contribution < 1.29 is 40.2 Å². The van der Waals surface area contributed by atoms with Crippen LogP contribution in [0.15, 0.2) is 12.2 Å². The first-order valence-corrected chi connectivity index (χ1v) is 7.14. The van der Waals surface area contributed by atoms with Crippen molar-refractivity contribution in [2.45, 2.75) is 18.9 Å². The van der Waals surface area contributed by atoms with Gasteiger partial charge in [-0.25, -0.2) is 13.2 Å². The molecule has 6 nitrogen and oxygen atoms in total. The van der Waals surface area contributed by atoms with Gasteiger partial charge in [-0.2, -0.15) is 13.2 Å². The molecule has 0 aromatic carbocycles. The lowest BCUT2D eigenvalue weighted by Crippen LogP contribution is -2.35. The van der Waals surface area contributed by atoms with Crippen LogP contribution in [0.4, 0.5) is 13.2 Å². The maximum Gasteiger partial charge on any atom is 0.485 e. The molecule has 0 radical (unpaired) electrons. The van der Waals surface area contributed by atoms with E-state index >= 15 is 0 Å². The van der Waals surface area contributed by atoms with Crippen LogP contribution in [0.25, 0.3) is 0 Å². The third kappa shape index (κ3) is 13.6. The number of carbonyl (C=O) groups excluding carboxylic acids is 1. The molecule has 0 spiro atoms. The summed E-state index contributed by atoms with van der Waals surface area (Å²) < 4.78 is 64.7. The quantitative estimate of drug-likeness (QED) is 0.189. The van der Waals surface area contributed by atoms with Gasteiger partial charge in [0, 0.05) is 12.0 Å². The molecule has 0 aromatic rings. The van der Waals surface area contributed by atoms with Crippen molar-refractivity contribution in [3.05, 3.63) is 12.2 Å². The Morgan fingerprint density at radius 2 is 1.67 bits per heavy atom. The minimum Gasteiger partial charge on any atom is -0.741 e. The molecule has 0 unspecified atom stereocenters. The highest BCUT2D eigenvalue weighted by atomic mass is 32.2. The number of nitrogens with zero attached hydrogens (tertiary/aromatic N) is 1. The predicted molar refractivity (Wildman–Crippen MR) is 69.0 cm³/mol. The van der Waals surface area contributed by atoms with Gasteiger partial charge >= 0.3 is 11.5 Å². The highest BCUT2D eigenvalue weighted by molar-refractivity contribution is 7.86. The highest BCUT2D eigenvalue weighted by Crippen LogP contribution is 2.20. The maximum atomic E-state index is 10.9. The molecule has 0 aliphatic carbocycles. The first-order valence-electron chi connectivity index (χ1n) is 5.73. The Hall–Kier alpha value is -1.13. The lowest BCUT2D eigenvalue weighted by Gasteiger charge is -2.23. The largest absolute Gasteiger partial charge is 0.741 e. The van der Waals surface area contributed by atoms with Gasteiger partial charge in [0.05, 0.1) is 34.3 Å². The molecule has 0 aromatic heterocycles. The van der Waals surface area contributed by atoms with Crippen molar-refractivity contribution in [1.29, 1.82) is 0 Å². The van der Waals surface area contributed by atoms with Crippen molar-refractivity contribution in [2.24, 2.45) is 0 Å². The monoisotopic (exact) mass is 335 g/mol. The normalized spacial score (nSPS) is 12.2. The van der Waals surface area contributed by atoms with Crippen molar-refractivity contribution >= 4 is 16.1 Å². The Labute approximate surface area is 122 Å². The van der Waals surface area contributed by atoms with Gasteiger partial charge in [0.2, 0.25) is 0 Å². The Kier molecular flexibility index (Phi) is 8.81. The summed E-state index contributed by atoms with van der Waals surface area (Å²) in [5.74, 6) is -0.290. The van der Waals surface area contributed by atoms with Gasteiger partial charge in [0.15, 0.2) is 10.1 Å². The average molecular weight is 335 g/mol. The molecule has 0 saturated heterocycles. The number of ether oxygens (including phenoxy) is 1. The van der Waals surface area contributed by atoms with Gasteiger partial charge in [0.1, 0.15) is 0 Å². The van der Waals surface area contributed by atoms with E-state index in [2.05, 4.69) is 27.7 Å². The van der Waals surface area contributed by atoms with Crippen molar-refractivity contribution in [3.8, 4) is 0 Å². The van der Waals surface area contributed by atoms with E-state index in [4.69, 9.17) is 17.7 Å². The van der Waals surface area contributed by atoms with E-state index < -0.39 is 15.6 Å². The summed E-state index contributed by atoms with van der Waals surface area (Å²) in [4.78, 5) is 10.9. The second-order valence-electron chi connectivity index (χ2n) is 5.18. The standard InChI is InChI=1S/C10H20NO2.CHF3O3S/c1-9(2)10(12)13-8-6-7-11(3,4)5;2-1(3,4)8(5,6)7/h1,6-8H2,2-5H3;(H,5,6,7)/q+1;/p-1. The topological polar surface area (TPSA) is 83.5 Å². The minimum atomic E-state index is -6.09. The molecule has 0 saturated carbocycles. The Bertz CT molecular complexity index is 451. The molecule has 0 N–H and O–H groups in total. The average Bonchev–Trinajstić information content (AvgIpc) is 2.20. The lowest BCUT2D eigenvalue weighted by molar-refractivity contribution is -0.870. The second kappa shape index (κ2) is 8.35. The number of rotatable bonds is 5. The van der Waals surface area contributed by atoms with E-state index in [1.54, 1.807) is 6.92 Å². The zero-order valence-corrected chi connectivity index (χ0v) is 13.2. The van der Waals surface area contributed by atoms with Crippen LogP contribution in [0.5, 0.6) is 0 Å². The van der Waals surface area contributed by atoms with Crippen LogP contribution in [0.3, 0.4) is 0 Å². The van der Waals surface area contributed by atoms with Crippen molar-refractivity contribution in [3.63, 3.8) is 0 Å². The molecular weight excluding hydrogens is 315 g/mol. The molecule has 126 valence electrons. The number of hydrogen-bond donors (Lipinski definition) is 0. The van der Waals surface area contributed by atoms with Crippen LogP contribution < -0.4 is 0 Å². The number of hydrogen-bond acceptors (Lipinski definition) is 5. The zero-order valence-electron chi connectivity index (χ0n) is 12.4. The Morgan fingerprint density at radius 1 is 1.29 bits per heavy atom. The third-order valence-electron chi connectivity index (χ3n) is 1.84. The van der Waals surface area contributed by atoms with Crippen LogP contribution in [0.1, 0.15) is 13.3 Å². The van der Waals surface area contributed by atoms with E-state index in [-0.39, 0.29) is 5.97 Å². The van der Waals surface area contributed by atoms with Gasteiger partial charge in [-0.3, -0.25) is 0 Å². The van der Waals surface area contributed by atoms with E-state index in [0.29, 0.717) is 12.2 Å². The van der Waals surface area contributed by atoms with E-state index in [1.807, 2.05) is 0 Å². The molecule has 0 heterocycles. The summed E-state index contributed by atoms with van der Waals surface area (Å²) in [6, 6.07) is 0. The molecule has 0 fully saturated rings. The Morgan fingerprint density at radius 3 is 1.90 bits per heavy atom. The molecule has 10 heteroatoms. The SMILES string of the molecule is C=C(C)C(=O)OCCC[N+](C)(C)C.O=S(=O)([O-])C(F)(F)F. The number of quaternary nitrogens is 1. The second-order valence-corrected chi connectivity index (χ2v) is 6.55. The van der Waals surface area contributed by atoms with Crippen molar-refractivity contribution in [2.75, 3.05) is 34.3 Å². The van der Waals surface area contributed by atoms with Gasteiger partial charge < -0.3 is 13.8 Å². The minimum absolute atomic E-state index is 0.290. The fourth-order valence-corrected chi connectivity index (χ4v) is 0.827. The van der Waals surface area contributed by atoms with Gasteiger partial charge in [0.25, 0.3) is 0 Å². The molecule has 0 aliphatic rings. The molecule has 0 bridgehead atoms.